The Balaban J connectivity index is 2.92. The van der Waals surface area contributed by atoms with Crippen LogP contribution < -0.4 is 4.31 Å². The first kappa shape index (κ1) is 11.9. The summed E-state index contributed by atoms with van der Waals surface area (Å²) in [5.41, 5.74) is 0.770. The standard InChI is InChI=1S/C10H13NO3S/c1-15-11(9(7-12)10(13)14)8-5-3-2-4-6-8/h2-6,9,12H,7H2,1H3,(H,13,14)/t9-/m0/s1. The Kier molecular flexibility index (Phi) is 4.45. The van der Waals surface area contributed by atoms with E-state index in [0.717, 1.165) is 5.69 Å². The molecular formula is C10H13NO3S. The summed E-state index contributed by atoms with van der Waals surface area (Å²) in [6.45, 7) is -0.412. The highest BCUT2D eigenvalue weighted by atomic mass is 32.2. The lowest BCUT2D eigenvalue weighted by molar-refractivity contribution is -0.139. The van der Waals surface area contributed by atoms with Gasteiger partial charge in [-0.25, -0.2) is 4.79 Å². The fourth-order valence-corrected chi connectivity index (χ4v) is 1.98. The van der Waals surface area contributed by atoms with E-state index in [1.807, 2.05) is 30.3 Å². The van der Waals surface area contributed by atoms with Crippen molar-refractivity contribution in [3.8, 4) is 0 Å². The highest BCUT2D eigenvalue weighted by Crippen LogP contribution is 2.23. The topological polar surface area (TPSA) is 60.8 Å². The van der Waals surface area contributed by atoms with Crippen LogP contribution in [0.3, 0.4) is 0 Å². The number of aliphatic hydroxyl groups is 1. The zero-order valence-electron chi connectivity index (χ0n) is 8.33. The molecule has 0 aliphatic rings. The van der Waals surface area contributed by atoms with Crippen LogP contribution in [-0.4, -0.2) is 35.1 Å². The zero-order valence-corrected chi connectivity index (χ0v) is 9.15. The van der Waals surface area contributed by atoms with Crippen LogP contribution in [0.4, 0.5) is 5.69 Å². The van der Waals surface area contributed by atoms with Gasteiger partial charge in [0.2, 0.25) is 0 Å². The second-order valence-electron chi connectivity index (χ2n) is 2.88. The van der Waals surface area contributed by atoms with Crippen molar-refractivity contribution in [2.24, 2.45) is 0 Å². The third-order valence-corrected chi connectivity index (χ3v) is 2.81. The predicted octanol–water partition coefficient (Wildman–Crippen LogP) is 1.22. The summed E-state index contributed by atoms with van der Waals surface area (Å²) >= 11 is 1.28. The molecule has 4 nitrogen and oxygen atoms in total. The van der Waals surface area contributed by atoms with Gasteiger partial charge < -0.3 is 10.2 Å². The lowest BCUT2D eigenvalue weighted by Crippen LogP contribution is -2.39. The number of aliphatic carboxylic acids is 1. The van der Waals surface area contributed by atoms with Gasteiger partial charge in [-0.05, 0) is 12.1 Å². The quantitative estimate of drug-likeness (QED) is 0.740. The number of benzene rings is 1. The van der Waals surface area contributed by atoms with E-state index in [9.17, 15) is 4.79 Å². The van der Waals surface area contributed by atoms with Crippen LogP contribution in [0.2, 0.25) is 0 Å². The summed E-state index contributed by atoms with van der Waals surface area (Å²) < 4.78 is 1.57. The second-order valence-corrected chi connectivity index (χ2v) is 3.64. The van der Waals surface area contributed by atoms with Crippen molar-refractivity contribution in [1.29, 1.82) is 0 Å². The van der Waals surface area contributed by atoms with Crippen LogP contribution in [0, 0.1) is 0 Å². The maximum absolute atomic E-state index is 10.9. The highest BCUT2D eigenvalue weighted by Gasteiger charge is 2.24. The normalized spacial score (nSPS) is 12.1. The summed E-state index contributed by atoms with van der Waals surface area (Å²) in [6.07, 6.45) is 1.78. The van der Waals surface area contributed by atoms with Crippen LogP contribution in [0.5, 0.6) is 0 Å². The van der Waals surface area contributed by atoms with Crippen molar-refractivity contribution >= 4 is 23.6 Å². The number of nitrogens with zero attached hydrogens (tertiary/aromatic N) is 1. The molecule has 0 unspecified atom stereocenters. The number of aliphatic hydroxyl groups excluding tert-OH is 1. The van der Waals surface area contributed by atoms with E-state index in [0.29, 0.717) is 0 Å². The molecule has 15 heavy (non-hydrogen) atoms. The van der Waals surface area contributed by atoms with E-state index >= 15 is 0 Å². The van der Waals surface area contributed by atoms with Crippen molar-refractivity contribution in [3.63, 3.8) is 0 Å². The van der Waals surface area contributed by atoms with Crippen LogP contribution in [-0.2, 0) is 4.79 Å². The molecule has 0 bridgehead atoms. The van der Waals surface area contributed by atoms with Crippen molar-refractivity contribution < 1.29 is 15.0 Å². The van der Waals surface area contributed by atoms with Gasteiger partial charge in [-0.2, -0.15) is 0 Å². The molecule has 1 aromatic carbocycles. The summed E-state index contributed by atoms with van der Waals surface area (Å²) in [4.78, 5) is 10.9. The minimum Gasteiger partial charge on any atom is -0.480 e. The first-order valence-electron chi connectivity index (χ1n) is 4.42. The third kappa shape index (κ3) is 2.87. The number of carboxylic acid groups (broad SMARTS) is 1. The van der Waals surface area contributed by atoms with E-state index in [4.69, 9.17) is 10.2 Å². The zero-order chi connectivity index (χ0) is 11.3. The van der Waals surface area contributed by atoms with E-state index in [1.165, 1.54) is 11.9 Å². The summed E-state index contributed by atoms with van der Waals surface area (Å²) in [5, 5.41) is 17.9. The molecule has 1 atom stereocenters. The van der Waals surface area contributed by atoms with Gasteiger partial charge in [0.1, 0.15) is 0 Å². The number of anilines is 1. The van der Waals surface area contributed by atoms with Crippen molar-refractivity contribution in [2.45, 2.75) is 6.04 Å². The van der Waals surface area contributed by atoms with Crippen LogP contribution in [0.25, 0.3) is 0 Å². The molecule has 0 saturated heterocycles. The molecule has 2 N–H and O–H groups in total. The molecule has 5 heteroatoms. The molecule has 82 valence electrons. The molecule has 0 spiro atoms. The monoisotopic (exact) mass is 227 g/mol. The lowest BCUT2D eigenvalue weighted by atomic mass is 10.2. The van der Waals surface area contributed by atoms with E-state index in [2.05, 4.69) is 0 Å². The molecule has 0 saturated carbocycles. The molecule has 0 heterocycles. The van der Waals surface area contributed by atoms with Crippen LogP contribution in [0.15, 0.2) is 30.3 Å². The maximum Gasteiger partial charge on any atom is 0.329 e. The largest absolute Gasteiger partial charge is 0.480 e. The fraction of sp³-hybridized carbons (Fsp3) is 0.300. The van der Waals surface area contributed by atoms with E-state index < -0.39 is 18.6 Å². The van der Waals surface area contributed by atoms with Gasteiger partial charge >= 0.3 is 5.97 Å². The number of hydrogen-bond acceptors (Lipinski definition) is 4. The Bertz CT molecular complexity index is 318. The van der Waals surface area contributed by atoms with E-state index in [1.54, 1.807) is 10.6 Å². The van der Waals surface area contributed by atoms with Crippen molar-refractivity contribution in [2.75, 3.05) is 17.2 Å². The van der Waals surface area contributed by atoms with Gasteiger partial charge in [0.25, 0.3) is 0 Å². The van der Waals surface area contributed by atoms with E-state index in [-0.39, 0.29) is 0 Å². The van der Waals surface area contributed by atoms with Crippen molar-refractivity contribution in [3.05, 3.63) is 30.3 Å². The number of para-hydroxylation sites is 1. The Hall–Kier alpha value is -1.20. The average Bonchev–Trinajstić information content (AvgIpc) is 2.26. The Labute approximate surface area is 92.7 Å². The van der Waals surface area contributed by atoms with Crippen LogP contribution >= 0.6 is 11.9 Å². The number of carbonyl (C=O) groups is 1. The Morgan fingerprint density at radius 3 is 2.47 bits per heavy atom. The van der Waals surface area contributed by atoms with Crippen molar-refractivity contribution in [1.82, 2.24) is 0 Å². The van der Waals surface area contributed by atoms with Gasteiger partial charge in [0, 0.05) is 11.9 Å². The number of rotatable bonds is 5. The SMILES string of the molecule is CSN(c1ccccc1)[C@@H](CO)C(=O)O. The second kappa shape index (κ2) is 5.63. The van der Waals surface area contributed by atoms with Gasteiger partial charge in [-0.3, -0.25) is 4.31 Å². The lowest BCUT2D eigenvalue weighted by Gasteiger charge is -2.26. The molecular weight excluding hydrogens is 214 g/mol. The number of hydrogen-bond donors (Lipinski definition) is 2. The molecule has 0 radical (unpaired) electrons. The van der Waals surface area contributed by atoms with Gasteiger partial charge in [0.15, 0.2) is 6.04 Å². The Morgan fingerprint density at radius 2 is 2.07 bits per heavy atom. The first-order chi connectivity index (χ1) is 7.20. The average molecular weight is 227 g/mol. The molecule has 0 aliphatic carbocycles. The molecule has 0 fully saturated rings. The minimum absolute atomic E-state index is 0.412. The predicted molar refractivity (Wildman–Crippen MR) is 60.9 cm³/mol. The fourth-order valence-electron chi connectivity index (χ4n) is 1.24. The summed E-state index contributed by atoms with van der Waals surface area (Å²) in [7, 11) is 0. The first-order valence-corrected chi connectivity index (χ1v) is 5.61. The molecule has 0 amide bonds. The summed E-state index contributed by atoms with van der Waals surface area (Å²) in [6, 6.07) is 8.22. The van der Waals surface area contributed by atoms with Crippen LogP contribution in [0.1, 0.15) is 0 Å². The van der Waals surface area contributed by atoms with Gasteiger partial charge in [-0.15, -0.1) is 0 Å². The molecule has 0 aromatic heterocycles. The third-order valence-electron chi connectivity index (χ3n) is 1.95. The maximum atomic E-state index is 10.9. The number of carboxylic acids is 1. The highest BCUT2D eigenvalue weighted by molar-refractivity contribution is 8.00. The molecule has 0 aliphatic heterocycles. The van der Waals surface area contributed by atoms with Gasteiger partial charge in [0.05, 0.1) is 6.61 Å². The summed E-state index contributed by atoms with van der Waals surface area (Å²) in [5.74, 6) is -1.03. The molecule has 1 rings (SSSR count). The Morgan fingerprint density at radius 1 is 1.47 bits per heavy atom. The minimum atomic E-state index is -1.03. The smallest absolute Gasteiger partial charge is 0.329 e. The molecule has 1 aromatic rings. The van der Waals surface area contributed by atoms with Gasteiger partial charge in [-0.1, -0.05) is 30.1 Å².